The molecule has 4 heterocycles. The highest BCUT2D eigenvalue weighted by Crippen LogP contribution is 2.32. The zero-order valence-electron chi connectivity index (χ0n) is 15.3. The lowest BCUT2D eigenvalue weighted by atomic mass is 9.79. The minimum absolute atomic E-state index is 0.0414. The molecule has 1 N–H and O–H groups in total. The molecule has 6 nitrogen and oxygen atoms in total. The highest BCUT2D eigenvalue weighted by Gasteiger charge is 2.40. The van der Waals surface area contributed by atoms with Gasteiger partial charge in [0.05, 0.1) is 11.8 Å². The van der Waals surface area contributed by atoms with Gasteiger partial charge in [0.1, 0.15) is 17.6 Å². The van der Waals surface area contributed by atoms with Crippen molar-refractivity contribution in [1.82, 2.24) is 15.2 Å². The number of pyridine rings is 1. The number of amides is 1. The molecule has 138 valence electrons. The van der Waals surface area contributed by atoms with E-state index in [2.05, 4.69) is 22.1 Å². The quantitative estimate of drug-likeness (QED) is 0.905. The number of carbonyl (C=O) groups excluding carboxylic acids is 1. The molecule has 5 rings (SSSR count). The van der Waals surface area contributed by atoms with E-state index in [1.165, 1.54) is 6.20 Å². The normalized spacial score (nSPS) is 26.2. The highest BCUT2D eigenvalue weighted by molar-refractivity contribution is 5.94. The third kappa shape index (κ3) is 3.64. The van der Waals surface area contributed by atoms with Crippen LogP contribution in [0.25, 0.3) is 0 Å². The summed E-state index contributed by atoms with van der Waals surface area (Å²) in [5.74, 6) is 1.63. The van der Waals surface area contributed by atoms with Crippen LogP contribution in [0, 0.1) is 17.2 Å². The van der Waals surface area contributed by atoms with Crippen LogP contribution in [0.2, 0.25) is 0 Å². The van der Waals surface area contributed by atoms with Gasteiger partial charge in [-0.25, -0.2) is 0 Å². The molecule has 2 unspecified atom stereocenters. The largest absolute Gasteiger partial charge is 0.456 e. The third-order valence-electron chi connectivity index (χ3n) is 5.67. The van der Waals surface area contributed by atoms with Gasteiger partial charge in [-0.15, -0.1) is 0 Å². The average Bonchev–Trinajstić information content (AvgIpc) is 2.71. The fourth-order valence-electron chi connectivity index (χ4n) is 4.13. The van der Waals surface area contributed by atoms with E-state index in [1.807, 2.05) is 6.07 Å². The summed E-state index contributed by atoms with van der Waals surface area (Å²) >= 11 is 0. The zero-order valence-corrected chi connectivity index (χ0v) is 15.3. The summed E-state index contributed by atoms with van der Waals surface area (Å²) in [5.41, 5.74) is 1.06. The van der Waals surface area contributed by atoms with Crippen LogP contribution in [0.15, 0.2) is 42.7 Å². The molecule has 0 saturated carbocycles. The number of benzene rings is 1. The molecule has 0 radical (unpaired) electrons. The van der Waals surface area contributed by atoms with E-state index in [4.69, 9.17) is 10.00 Å². The van der Waals surface area contributed by atoms with Crippen LogP contribution < -0.4 is 10.1 Å². The SMILES string of the molecule is CC1C(NC(=O)c2ccc(Oc3cncc(C#N)c3)cc2)C2CCN1CC2. The zero-order chi connectivity index (χ0) is 18.8. The lowest BCUT2D eigenvalue weighted by Crippen LogP contribution is -2.62. The predicted molar refractivity (Wildman–Crippen MR) is 100 cm³/mol. The van der Waals surface area contributed by atoms with Crippen molar-refractivity contribution in [2.75, 3.05) is 13.1 Å². The molecular weight excluding hydrogens is 340 g/mol. The Bertz CT molecular complexity index is 864. The number of hydrogen-bond donors (Lipinski definition) is 1. The van der Waals surface area contributed by atoms with Crippen molar-refractivity contribution in [3.8, 4) is 17.6 Å². The Labute approximate surface area is 158 Å². The van der Waals surface area contributed by atoms with Crippen LogP contribution in [0.1, 0.15) is 35.7 Å². The van der Waals surface area contributed by atoms with Crippen molar-refractivity contribution in [3.05, 3.63) is 53.9 Å². The van der Waals surface area contributed by atoms with Gasteiger partial charge in [0, 0.05) is 29.9 Å². The van der Waals surface area contributed by atoms with Gasteiger partial charge in [0.25, 0.3) is 5.91 Å². The van der Waals surface area contributed by atoms with E-state index in [-0.39, 0.29) is 11.9 Å². The summed E-state index contributed by atoms with van der Waals surface area (Å²) in [6, 6.07) is 11.3. The van der Waals surface area contributed by atoms with Crippen molar-refractivity contribution < 1.29 is 9.53 Å². The van der Waals surface area contributed by atoms with E-state index in [0.717, 1.165) is 25.9 Å². The number of aromatic nitrogens is 1. The molecule has 3 aliphatic heterocycles. The Hall–Kier alpha value is -2.91. The molecule has 2 aromatic rings. The Kier molecular flexibility index (Phi) is 4.78. The van der Waals surface area contributed by atoms with Crippen LogP contribution in [0.3, 0.4) is 0 Å². The maximum atomic E-state index is 12.7. The lowest BCUT2D eigenvalue weighted by Gasteiger charge is -2.49. The van der Waals surface area contributed by atoms with E-state index in [1.54, 1.807) is 36.5 Å². The topological polar surface area (TPSA) is 78.2 Å². The van der Waals surface area contributed by atoms with Crippen molar-refractivity contribution in [1.29, 1.82) is 5.26 Å². The third-order valence-corrected chi connectivity index (χ3v) is 5.67. The molecule has 0 aliphatic carbocycles. The molecule has 1 aromatic carbocycles. The first-order valence-corrected chi connectivity index (χ1v) is 9.32. The van der Waals surface area contributed by atoms with Gasteiger partial charge >= 0.3 is 0 Å². The van der Waals surface area contributed by atoms with Crippen LogP contribution in [0.4, 0.5) is 0 Å². The van der Waals surface area contributed by atoms with Crippen molar-refractivity contribution in [2.45, 2.75) is 31.8 Å². The number of fused-ring (bicyclic) bond motifs is 3. The summed E-state index contributed by atoms with van der Waals surface area (Å²) in [5, 5.41) is 12.2. The molecular formula is C21H22N4O2. The Balaban J connectivity index is 1.41. The van der Waals surface area contributed by atoms with Crippen molar-refractivity contribution in [2.24, 2.45) is 5.92 Å². The molecule has 1 aromatic heterocycles. The van der Waals surface area contributed by atoms with Crippen LogP contribution in [0.5, 0.6) is 11.5 Å². The number of nitrogens with zero attached hydrogens (tertiary/aromatic N) is 3. The Morgan fingerprint density at radius 3 is 2.63 bits per heavy atom. The van der Waals surface area contributed by atoms with Crippen molar-refractivity contribution >= 4 is 5.91 Å². The molecule has 3 fully saturated rings. The van der Waals surface area contributed by atoms with Gasteiger partial charge in [-0.2, -0.15) is 5.26 Å². The molecule has 1 amide bonds. The van der Waals surface area contributed by atoms with E-state index < -0.39 is 0 Å². The molecule has 3 saturated heterocycles. The summed E-state index contributed by atoms with van der Waals surface area (Å²) in [6.07, 6.45) is 5.36. The first-order valence-electron chi connectivity index (χ1n) is 9.32. The van der Waals surface area contributed by atoms with Crippen LogP contribution >= 0.6 is 0 Å². The van der Waals surface area contributed by atoms with Gasteiger partial charge in [0.15, 0.2) is 0 Å². The molecule has 3 aliphatic rings. The Morgan fingerprint density at radius 2 is 1.96 bits per heavy atom. The molecule has 2 bridgehead atoms. The average molecular weight is 362 g/mol. The fraction of sp³-hybridized carbons (Fsp3) is 0.381. The number of rotatable bonds is 4. The summed E-state index contributed by atoms with van der Waals surface area (Å²) in [6.45, 7) is 4.49. The highest BCUT2D eigenvalue weighted by atomic mass is 16.5. The predicted octanol–water partition coefficient (Wildman–Crippen LogP) is 2.96. The van der Waals surface area contributed by atoms with E-state index in [0.29, 0.717) is 34.6 Å². The van der Waals surface area contributed by atoms with Crippen LogP contribution in [-0.4, -0.2) is 41.0 Å². The summed E-state index contributed by atoms with van der Waals surface area (Å²) in [7, 11) is 0. The lowest BCUT2D eigenvalue weighted by molar-refractivity contribution is 0.0217. The first-order chi connectivity index (χ1) is 13.1. The number of nitrogens with one attached hydrogen (secondary N) is 1. The van der Waals surface area contributed by atoms with Gasteiger partial charge in [-0.1, -0.05) is 0 Å². The smallest absolute Gasteiger partial charge is 0.251 e. The number of hydrogen-bond acceptors (Lipinski definition) is 5. The maximum absolute atomic E-state index is 12.7. The minimum atomic E-state index is -0.0414. The standard InChI is InChI=1S/C21H22N4O2/c1-14-20(16-6-8-25(14)9-7-16)24-21(26)17-2-4-18(5-3-17)27-19-10-15(11-22)12-23-13-19/h2-5,10,12-14,16,20H,6-9H2,1H3,(H,24,26). The van der Waals surface area contributed by atoms with Gasteiger partial charge in [-0.3, -0.25) is 14.7 Å². The number of nitriles is 1. The second-order valence-corrected chi connectivity index (χ2v) is 7.26. The summed E-state index contributed by atoms with van der Waals surface area (Å²) in [4.78, 5) is 19.1. The molecule has 0 spiro atoms. The number of piperidine rings is 3. The van der Waals surface area contributed by atoms with Gasteiger partial charge in [0.2, 0.25) is 0 Å². The van der Waals surface area contributed by atoms with Gasteiger partial charge in [-0.05, 0) is 63.0 Å². The first kappa shape index (κ1) is 17.5. The molecule has 6 heteroatoms. The monoisotopic (exact) mass is 362 g/mol. The van der Waals surface area contributed by atoms with Crippen LogP contribution in [-0.2, 0) is 0 Å². The number of carbonyl (C=O) groups is 1. The Morgan fingerprint density at radius 1 is 1.22 bits per heavy atom. The second kappa shape index (κ2) is 7.37. The molecule has 27 heavy (non-hydrogen) atoms. The van der Waals surface area contributed by atoms with E-state index >= 15 is 0 Å². The fourth-order valence-corrected chi connectivity index (χ4v) is 4.13. The maximum Gasteiger partial charge on any atom is 0.251 e. The minimum Gasteiger partial charge on any atom is -0.456 e. The summed E-state index contributed by atoms with van der Waals surface area (Å²) < 4.78 is 5.71. The van der Waals surface area contributed by atoms with Crippen molar-refractivity contribution in [3.63, 3.8) is 0 Å². The molecule has 2 atom stereocenters. The van der Waals surface area contributed by atoms with Gasteiger partial charge < -0.3 is 10.1 Å². The van der Waals surface area contributed by atoms with E-state index in [9.17, 15) is 4.79 Å². The second-order valence-electron chi connectivity index (χ2n) is 7.26. The number of ether oxygens (including phenoxy) is 1.